The molecule has 2 aromatic rings. The molecule has 0 unspecified atom stereocenters. The van der Waals surface area contributed by atoms with Crippen LogP contribution in [0.3, 0.4) is 0 Å². The first-order valence-electron chi connectivity index (χ1n) is 6.75. The number of hydrogen-bond donors (Lipinski definition) is 3. The van der Waals surface area contributed by atoms with Crippen LogP contribution in [0.4, 0.5) is 0 Å². The van der Waals surface area contributed by atoms with E-state index in [2.05, 4.69) is 38.8 Å². The molecule has 2 aromatic carbocycles. The molecule has 118 valence electrons. The van der Waals surface area contributed by atoms with E-state index in [0.717, 1.165) is 9.13 Å². The molecule has 0 saturated carbocycles. The Hall–Kier alpha value is -2.00. The Labute approximate surface area is 153 Å². The average molecular weight is 439 g/mol. The summed E-state index contributed by atoms with van der Waals surface area (Å²) in [7, 11) is 0. The van der Waals surface area contributed by atoms with Crippen LogP contribution in [0.25, 0.3) is 0 Å². The number of nitrogens with one attached hydrogen (secondary N) is 3. The highest BCUT2D eigenvalue weighted by Gasteiger charge is 2.10. The molecule has 2 amide bonds. The molecule has 0 radical (unpaired) electrons. The molecule has 2 rings (SSSR count). The van der Waals surface area contributed by atoms with Gasteiger partial charge in [-0.15, -0.1) is 0 Å². The van der Waals surface area contributed by atoms with E-state index in [1.54, 1.807) is 12.1 Å². The Balaban J connectivity index is 1.80. The van der Waals surface area contributed by atoms with Gasteiger partial charge >= 0.3 is 0 Å². The fourth-order valence-electron chi connectivity index (χ4n) is 1.81. The van der Waals surface area contributed by atoms with Gasteiger partial charge in [0, 0.05) is 3.57 Å². The van der Waals surface area contributed by atoms with Crippen LogP contribution in [0.2, 0.25) is 0 Å². The van der Waals surface area contributed by atoms with Crippen molar-refractivity contribution in [3.05, 3.63) is 69.3 Å². The van der Waals surface area contributed by atoms with Crippen molar-refractivity contribution in [3.8, 4) is 0 Å². The van der Waals surface area contributed by atoms with E-state index in [1.165, 1.54) is 0 Å². The predicted molar refractivity (Wildman–Crippen MR) is 101 cm³/mol. The molecule has 0 fully saturated rings. The molecule has 0 spiro atoms. The van der Waals surface area contributed by atoms with Gasteiger partial charge in [0.2, 0.25) is 5.91 Å². The lowest BCUT2D eigenvalue weighted by Gasteiger charge is -2.11. The Morgan fingerprint density at radius 3 is 2.30 bits per heavy atom. The highest BCUT2D eigenvalue weighted by Crippen LogP contribution is 2.10. The molecule has 0 aliphatic rings. The summed E-state index contributed by atoms with van der Waals surface area (Å²) < 4.78 is 0.823. The maximum Gasteiger partial charge on any atom is 0.270 e. The number of thiocarbonyl (C=S) groups is 1. The van der Waals surface area contributed by atoms with Gasteiger partial charge in [-0.1, -0.05) is 42.5 Å². The molecule has 0 saturated heterocycles. The predicted octanol–water partition coefficient (Wildman–Crippen LogP) is 2.17. The maximum absolute atomic E-state index is 12.0. The zero-order chi connectivity index (χ0) is 16.7. The first-order chi connectivity index (χ1) is 11.1. The van der Waals surface area contributed by atoms with Crippen molar-refractivity contribution in [3.63, 3.8) is 0 Å². The minimum atomic E-state index is -0.324. The Bertz CT molecular complexity index is 722. The van der Waals surface area contributed by atoms with Crippen LogP contribution in [0, 0.1) is 3.57 Å². The largest absolute Gasteiger partial charge is 0.302 e. The molecule has 23 heavy (non-hydrogen) atoms. The second kappa shape index (κ2) is 8.59. The third kappa shape index (κ3) is 5.61. The highest BCUT2D eigenvalue weighted by molar-refractivity contribution is 14.1. The van der Waals surface area contributed by atoms with Crippen LogP contribution < -0.4 is 16.2 Å². The van der Waals surface area contributed by atoms with E-state index in [1.807, 2.05) is 42.5 Å². The van der Waals surface area contributed by atoms with Crippen LogP contribution >= 0.6 is 34.8 Å². The fourth-order valence-corrected chi connectivity index (χ4v) is 2.61. The Kier molecular flexibility index (Phi) is 6.48. The second-order valence-corrected chi connectivity index (χ2v) is 6.17. The summed E-state index contributed by atoms with van der Waals surface area (Å²) >= 11 is 7.06. The summed E-state index contributed by atoms with van der Waals surface area (Å²) in [6, 6.07) is 16.5. The standard InChI is InChI=1S/C16H14IN3O2S/c17-13-9-5-4-8-12(13)15(22)19-20-16(23)18-14(21)10-11-6-2-1-3-7-11/h1-9H,10H2,(H,19,22)(H2,18,20,21,23). The van der Waals surface area contributed by atoms with Crippen molar-refractivity contribution < 1.29 is 9.59 Å². The van der Waals surface area contributed by atoms with Crippen molar-refractivity contribution in [2.24, 2.45) is 0 Å². The van der Waals surface area contributed by atoms with Gasteiger partial charge in [0.1, 0.15) is 0 Å². The molecule has 7 heteroatoms. The third-order valence-corrected chi connectivity index (χ3v) is 4.01. The molecule has 0 heterocycles. The number of halogens is 1. The van der Waals surface area contributed by atoms with Crippen molar-refractivity contribution in [1.82, 2.24) is 16.2 Å². The molecule has 0 bridgehead atoms. The van der Waals surface area contributed by atoms with E-state index in [-0.39, 0.29) is 23.3 Å². The van der Waals surface area contributed by atoms with Gasteiger partial charge in [-0.05, 0) is 52.5 Å². The summed E-state index contributed by atoms with van der Waals surface area (Å²) in [5.74, 6) is -0.577. The van der Waals surface area contributed by atoms with Crippen LogP contribution in [-0.4, -0.2) is 16.9 Å². The number of rotatable bonds is 3. The van der Waals surface area contributed by atoms with Gasteiger partial charge in [-0.25, -0.2) is 0 Å². The summed E-state index contributed by atoms with van der Waals surface area (Å²) in [5.41, 5.74) is 6.39. The number of carbonyl (C=O) groups is 2. The third-order valence-electron chi connectivity index (χ3n) is 2.87. The van der Waals surface area contributed by atoms with Gasteiger partial charge < -0.3 is 5.32 Å². The molecule has 0 aliphatic carbocycles. The number of amides is 2. The van der Waals surface area contributed by atoms with E-state index in [9.17, 15) is 9.59 Å². The average Bonchev–Trinajstić information content (AvgIpc) is 2.54. The van der Waals surface area contributed by atoms with Gasteiger partial charge in [0.25, 0.3) is 5.91 Å². The van der Waals surface area contributed by atoms with Gasteiger partial charge in [0.05, 0.1) is 12.0 Å². The second-order valence-electron chi connectivity index (χ2n) is 4.60. The molecule has 0 aliphatic heterocycles. The number of carbonyl (C=O) groups excluding carboxylic acids is 2. The topological polar surface area (TPSA) is 70.2 Å². The molecular weight excluding hydrogens is 425 g/mol. The molecule has 0 aromatic heterocycles. The summed E-state index contributed by atoms with van der Waals surface area (Å²) in [4.78, 5) is 23.8. The van der Waals surface area contributed by atoms with Gasteiger partial charge in [0.15, 0.2) is 5.11 Å². The minimum Gasteiger partial charge on any atom is -0.302 e. The summed E-state index contributed by atoms with van der Waals surface area (Å²) in [6.07, 6.45) is 0.215. The SMILES string of the molecule is O=C(Cc1ccccc1)NC(=S)NNC(=O)c1ccccc1I. The molecule has 3 N–H and O–H groups in total. The zero-order valence-electron chi connectivity index (χ0n) is 12.0. The molecule has 5 nitrogen and oxygen atoms in total. The summed E-state index contributed by atoms with van der Waals surface area (Å²) in [5, 5.41) is 2.56. The summed E-state index contributed by atoms with van der Waals surface area (Å²) in [6.45, 7) is 0. The lowest BCUT2D eigenvalue weighted by molar-refractivity contribution is -0.119. The number of benzene rings is 2. The van der Waals surface area contributed by atoms with Crippen LogP contribution in [-0.2, 0) is 11.2 Å². The number of hydrazine groups is 1. The van der Waals surface area contributed by atoms with Crippen molar-refractivity contribution in [2.75, 3.05) is 0 Å². The highest BCUT2D eigenvalue weighted by atomic mass is 127. The lowest BCUT2D eigenvalue weighted by atomic mass is 10.1. The quantitative estimate of drug-likeness (QED) is 0.390. The van der Waals surface area contributed by atoms with Crippen molar-refractivity contribution in [1.29, 1.82) is 0 Å². The van der Waals surface area contributed by atoms with Crippen LogP contribution in [0.1, 0.15) is 15.9 Å². The zero-order valence-corrected chi connectivity index (χ0v) is 15.0. The van der Waals surface area contributed by atoms with E-state index >= 15 is 0 Å². The smallest absolute Gasteiger partial charge is 0.270 e. The van der Waals surface area contributed by atoms with Gasteiger partial charge in [-0.2, -0.15) is 0 Å². The molecule has 0 atom stereocenters. The fraction of sp³-hybridized carbons (Fsp3) is 0.0625. The van der Waals surface area contributed by atoms with Crippen molar-refractivity contribution >= 4 is 51.7 Å². The number of hydrogen-bond acceptors (Lipinski definition) is 3. The normalized spacial score (nSPS) is 9.78. The van der Waals surface area contributed by atoms with E-state index < -0.39 is 0 Å². The Morgan fingerprint density at radius 2 is 1.61 bits per heavy atom. The molecular formula is C16H14IN3O2S. The van der Waals surface area contributed by atoms with Gasteiger partial charge in [-0.3, -0.25) is 20.4 Å². The lowest BCUT2D eigenvalue weighted by Crippen LogP contribution is -2.48. The maximum atomic E-state index is 12.0. The monoisotopic (exact) mass is 439 g/mol. The first kappa shape index (κ1) is 17.4. The van der Waals surface area contributed by atoms with E-state index in [4.69, 9.17) is 12.2 Å². The van der Waals surface area contributed by atoms with E-state index in [0.29, 0.717) is 5.56 Å². The van der Waals surface area contributed by atoms with Crippen LogP contribution in [0.5, 0.6) is 0 Å². The first-order valence-corrected chi connectivity index (χ1v) is 8.23. The Morgan fingerprint density at radius 1 is 0.957 bits per heavy atom. The van der Waals surface area contributed by atoms with Crippen LogP contribution in [0.15, 0.2) is 54.6 Å². The van der Waals surface area contributed by atoms with Crippen molar-refractivity contribution in [2.45, 2.75) is 6.42 Å². The minimum absolute atomic E-state index is 0.0465.